The average Bonchev–Trinajstić information content (AvgIpc) is 3.23. The monoisotopic (exact) mass is 338 g/mol. The molecule has 3 rings (SSSR count). The highest BCUT2D eigenvalue weighted by molar-refractivity contribution is 5.98. The Balaban J connectivity index is 2.09. The molecule has 1 amide bonds. The highest BCUT2D eigenvalue weighted by Gasteiger charge is 2.23. The first-order chi connectivity index (χ1) is 12.1. The molecule has 0 fully saturated rings. The first-order valence-electron chi connectivity index (χ1n) is 8.19. The van der Waals surface area contributed by atoms with Crippen LogP contribution in [0.5, 0.6) is 0 Å². The smallest absolute Gasteiger partial charge is 0.257 e. The first kappa shape index (κ1) is 17.0. The fourth-order valence-electron chi connectivity index (χ4n) is 2.72. The number of benzene rings is 1. The Hall–Kier alpha value is -2.86. The lowest BCUT2D eigenvalue weighted by atomic mass is 10.2. The van der Waals surface area contributed by atoms with Crippen LogP contribution in [0.1, 0.15) is 21.6 Å². The van der Waals surface area contributed by atoms with Crippen molar-refractivity contribution in [1.82, 2.24) is 19.7 Å². The molecule has 3 aromatic rings. The van der Waals surface area contributed by atoms with Crippen molar-refractivity contribution in [1.29, 1.82) is 0 Å². The van der Waals surface area contributed by atoms with E-state index in [0.717, 1.165) is 11.5 Å². The molecule has 0 spiro atoms. The molecule has 1 N–H and O–H groups in total. The predicted octanol–water partition coefficient (Wildman–Crippen LogP) is 2.66. The summed E-state index contributed by atoms with van der Waals surface area (Å²) in [7, 11) is 1.61. The molecule has 2 aromatic heterocycles. The lowest BCUT2D eigenvalue weighted by molar-refractivity contribution is 0.0936. The highest BCUT2D eigenvalue weighted by atomic mass is 16.5. The van der Waals surface area contributed by atoms with E-state index in [1.165, 1.54) is 5.56 Å². The van der Waals surface area contributed by atoms with E-state index in [4.69, 9.17) is 4.74 Å². The second-order valence-electron chi connectivity index (χ2n) is 5.87. The molecule has 0 unspecified atom stereocenters. The van der Waals surface area contributed by atoms with Gasteiger partial charge in [-0.15, -0.1) is 0 Å². The minimum Gasteiger partial charge on any atom is -0.383 e. The molecule has 0 bridgehead atoms. The SMILES string of the molecule is COCCNC(=O)c1c(C)nn(-c2ccc(C)cc2)c1-n1cccc1. The summed E-state index contributed by atoms with van der Waals surface area (Å²) in [5.41, 5.74) is 3.33. The van der Waals surface area contributed by atoms with Crippen molar-refractivity contribution in [2.24, 2.45) is 0 Å². The highest BCUT2D eigenvalue weighted by Crippen LogP contribution is 2.23. The van der Waals surface area contributed by atoms with Crippen LogP contribution in [-0.4, -0.2) is 40.5 Å². The van der Waals surface area contributed by atoms with Crippen LogP contribution in [0.4, 0.5) is 0 Å². The van der Waals surface area contributed by atoms with E-state index < -0.39 is 0 Å². The summed E-state index contributed by atoms with van der Waals surface area (Å²) in [5, 5.41) is 7.51. The number of carbonyl (C=O) groups excluding carboxylic acids is 1. The molecule has 6 heteroatoms. The zero-order valence-electron chi connectivity index (χ0n) is 14.7. The minimum atomic E-state index is -0.156. The summed E-state index contributed by atoms with van der Waals surface area (Å²) in [4.78, 5) is 12.7. The van der Waals surface area contributed by atoms with Gasteiger partial charge in [-0.3, -0.25) is 4.79 Å². The van der Waals surface area contributed by atoms with Crippen LogP contribution in [0.3, 0.4) is 0 Å². The van der Waals surface area contributed by atoms with Crippen LogP contribution in [0.2, 0.25) is 0 Å². The summed E-state index contributed by atoms with van der Waals surface area (Å²) >= 11 is 0. The minimum absolute atomic E-state index is 0.156. The molecular formula is C19H22N4O2. The number of nitrogens with one attached hydrogen (secondary N) is 1. The number of hydrogen-bond acceptors (Lipinski definition) is 3. The summed E-state index contributed by atoms with van der Waals surface area (Å²) in [6.07, 6.45) is 3.82. The average molecular weight is 338 g/mol. The van der Waals surface area contributed by atoms with Gasteiger partial charge in [0.1, 0.15) is 5.56 Å². The van der Waals surface area contributed by atoms with Crippen molar-refractivity contribution in [2.45, 2.75) is 13.8 Å². The van der Waals surface area contributed by atoms with Gasteiger partial charge in [-0.05, 0) is 38.1 Å². The second kappa shape index (κ2) is 7.36. The van der Waals surface area contributed by atoms with Gasteiger partial charge in [0, 0.05) is 26.0 Å². The summed E-state index contributed by atoms with van der Waals surface area (Å²) in [5.74, 6) is 0.567. The van der Waals surface area contributed by atoms with Crippen molar-refractivity contribution in [3.8, 4) is 11.5 Å². The van der Waals surface area contributed by atoms with Crippen molar-refractivity contribution in [3.63, 3.8) is 0 Å². The molecule has 130 valence electrons. The largest absolute Gasteiger partial charge is 0.383 e. The summed E-state index contributed by atoms with van der Waals surface area (Å²) in [6.45, 7) is 4.81. The van der Waals surface area contributed by atoms with Crippen LogP contribution in [0, 0.1) is 13.8 Å². The van der Waals surface area contributed by atoms with Crippen LogP contribution in [0.25, 0.3) is 11.5 Å². The van der Waals surface area contributed by atoms with E-state index >= 15 is 0 Å². The third-order valence-electron chi connectivity index (χ3n) is 3.98. The fourth-order valence-corrected chi connectivity index (χ4v) is 2.72. The van der Waals surface area contributed by atoms with Crippen molar-refractivity contribution >= 4 is 5.91 Å². The molecule has 0 saturated heterocycles. The van der Waals surface area contributed by atoms with Crippen LogP contribution < -0.4 is 5.32 Å². The van der Waals surface area contributed by atoms with Gasteiger partial charge in [0.2, 0.25) is 0 Å². The van der Waals surface area contributed by atoms with Gasteiger partial charge in [-0.25, -0.2) is 4.68 Å². The molecule has 6 nitrogen and oxygen atoms in total. The van der Waals surface area contributed by atoms with E-state index in [0.29, 0.717) is 24.4 Å². The van der Waals surface area contributed by atoms with Crippen LogP contribution in [0.15, 0.2) is 48.8 Å². The van der Waals surface area contributed by atoms with Crippen molar-refractivity contribution in [2.75, 3.05) is 20.3 Å². The van der Waals surface area contributed by atoms with Crippen LogP contribution >= 0.6 is 0 Å². The number of methoxy groups -OCH3 is 1. The molecule has 0 aliphatic carbocycles. The van der Waals surface area contributed by atoms with Gasteiger partial charge in [-0.1, -0.05) is 17.7 Å². The van der Waals surface area contributed by atoms with Crippen molar-refractivity contribution in [3.05, 3.63) is 65.6 Å². The Morgan fingerprint density at radius 3 is 2.48 bits per heavy atom. The van der Waals surface area contributed by atoms with E-state index in [2.05, 4.69) is 10.4 Å². The number of aromatic nitrogens is 3. The Labute approximate surface area is 147 Å². The molecule has 0 radical (unpaired) electrons. The molecule has 0 aliphatic rings. The van der Waals surface area contributed by atoms with E-state index in [1.54, 1.807) is 11.8 Å². The first-order valence-corrected chi connectivity index (χ1v) is 8.19. The van der Waals surface area contributed by atoms with E-state index in [1.807, 2.05) is 67.2 Å². The summed E-state index contributed by atoms with van der Waals surface area (Å²) in [6, 6.07) is 11.9. The third kappa shape index (κ3) is 3.49. The second-order valence-corrected chi connectivity index (χ2v) is 5.87. The Morgan fingerprint density at radius 1 is 1.16 bits per heavy atom. The Kier molecular flexibility index (Phi) is 5.00. The number of hydrogen-bond donors (Lipinski definition) is 1. The molecule has 25 heavy (non-hydrogen) atoms. The third-order valence-corrected chi connectivity index (χ3v) is 3.98. The molecular weight excluding hydrogens is 316 g/mol. The Bertz CT molecular complexity index is 848. The maximum Gasteiger partial charge on any atom is 0.257 e. The van der Waals surface area contributed by atoms with Gasteiger partial charge in [0.05, 0.1) is 18.0 Å². The van der Waals surface area contributed by atoms with Gasteiger partial charge < -0.3 is 14.6 Å². The van der Waals surface area contributed by atoms with Gasteiger partial charge in [-0.2, -0.15) is 5.10 Å². The number of rotatable bonds is 6. The lowest BCUT2D eigenvalue weighted by Crippen LogP contribution is -2.28. The number of amides is 1. The lowest BCUT2D eigenvalue weighted by Gasteiger charge is -2.11. The maximum atomic E-state index is 12.7. The topological polar surface area (TPSA) is 61.1 Å². The number of nitrogens with zero attached hydrogens (tertiary/aromatic N) is 3. The molecule has 1 aromatic carbocycles. The summed E-state index contributed by atoms with van der Waals surface area (Å²) < 4.78 is 8.72. The Morgan fingerprint density at radius 2 is 1.84 bits per heavy atom. The van der Waals surface area contributed by atoms with Gasteiger partial charge in [0.15, 0.2) is 5.82 Å². The quantitative estimate of drug-likeness (QED) is 0.703. The number of carbonyl (C=O) groups is 1. The standard InChI is InChI=1S/C19H22N4O2/c1-14-6-8-16(9-7-14)23-19(22-11-4-5-12-22)17(15(2)21-23)18(24)20-10-13-25-3/h4-9,11-12H,10,13H2,1-3H3,(H,20,24). The molecule has 0 saturated carbocycles. The van der Waals surface area contributed by atoms with E-state index in [9.17, 15) is 4.79 Å². The maximum absolute atomic E-state index is 12.7. The zero-order chi connectivity index (χ0) is 17.8. The fraction of sp³-hybridized carbons (Fsp3) is 0.263. The number of aryl methyl sites for hydroxylation is 2. The molecule has 0 aliphatic heterocycles. The molecule has 0 atom stereocenters. The zero-order valence-corrected chi connectivity index (χ0v) is 14.7. The van der Waals surface area contributed by atoms with Gasteiger partial charge in [0.25, 0.3) is 5.91 Å². The molecule has 2 heterocycles. The van der Waals surface area contributed by atoms with Crippen molar-refractivity contribution < 1.29 is 9.53 Å². The normalized spacial score (nSPS) is 10.8. The number of ether oxygens (including phenoxy) is 1. The van der Waals surface area contributed by atoms with E-state index in [-0.39, 0.29) is 5.91 Å². The van der Waals surface area contributed by atoms with Crippen LogP contribution in [-0.2, 0) is 4.74 Å². The predicted molar refractivity (Wildman–Crippen MR) is 96.6 cm³/mol. The van der Waals surface area contributed by atoms with Gasteiger partial charge >= 0.3 is 0 Å².